The maximum Gasteiger partial charge on any atom is 0.411 e. The number of nitrogens with zero attached hydrogens (tertiary/aromatic N) is 1. The number of furan rings is 1. The molecule has 9 nitrogen and oxygen atoms in total. The monoisotopic (exact) mass is 477 g/mol. The Morgan fingerprint density at radius 2 is 1.89 bits per heavy atom. The van der Waals surface area contributed by atoms with Crippen molar-refractivity contribution in [1.82, 2.24) is 10.2 Å². The summed E-state index contributed by atoms with van der Waals surface area (Å²) in [4.78, 5) is 39.7. The molecule has 0 spiro atoms. The number of hydrogen-bond donors (Lipinski definition) is 2. The van der Waals surface area contributed by atoms with Crippen LogP contribution in [0.2, 0.25) is 0 Å². The molecule has 0 bridgehead atoms. The van der Waals surface area contributed by atoms with Crippen LogP contribution in [0.5, 0.6) is 0 Å². The molecular formula is C26H27N3O6. The van der Waals surface area contributed by atoms with Crippen LogP contribution in [0, 0.1) is 6.92 Å². The van der Waals surface area contributed by atoms with Gasteiger partial charge < -0.3 is 24.5 Å². The molecule has 0 radical (unpaired) electrons. The second kappa shape index (κ2) is 10.9. The van der Waals surface area contributed by atoms with Gasteiger partial charge >= 0.3 is 6.09 Å². The van der Waals surface area contributed by atoms with Crippen LogP contribution in [0.25, 0.3) is 0 Å². The van der Waals surface area contributed by atoms with Gasteiger partial charge in [-0.3, -0.25) is 14.5 Å². The fourth-order valence-corrected chi connectivity index (χ4v) is 3.91. The molecule has 1 saturated heterocycles. The number of nitrogens with one attached hydrogen (secondary N) is 2. The number of aryl methyl sites for hydroxylation is 1. The lowest BCUT2D eigenvalue weighted by atomic mass is 10.00. The summed E-state index contributed by atoms with van der Waals surface area (Å²) in [6.07, 6.45) is 0.0610. The minimum absolute atomic E-state index is 0.0925. The number of benzene rings is 2. The molecule has 1 aliphatic heterocycles. The number of carbonyl (C=O) groups excluding carboxylic acids is 3. The molecular weight excluding hydrogens is 450 g/mol. The lowest BCUT2D eigenvalue weighted by Gasteiger charge is -2.24. The molecule has 0 saturated carbocycles. The quantitative estimate of drug-likeness (QED) is 0.488. The Morgan fingerprint density at radius 3 is 2.60 bits per heavy atom. The molecule has 2 atom stereocenters. The summed E-state index contributed by atoms with van der Waals surface area (Å²) >= 11 is 0. The Balaban J connectivity index is 1.60. The fourth-order valence-electron chi connectivity index (χ4n) is 3.91. The maximum absolute atomic E-state index is 13.4. The second-order valence-electron chi connectivity index (χ2n) is 8.27. The zero-order chi connectivity index (χ0) is 24.8. The van der Waals surface area contributed by atoms with Crippen LogP contribution in [0.3, 0.4) is 0 Å². The minimum Gasteiger partial charge on any atom is -0.467 e. The average Bonchev–Trinajstić information content (AvgIpc) is 3.47. The summed E-state index contributed by atoms with van der Waals surface area (Å²) in [6, 6.07) is 17.2. The first-order chi connectivity index (χ1) is 16.9. The number of cyclic esters (lactones) is 1. The first-order valence-corrected chi connectivity index (χ1v) is 11.2. The van der Waals surface area contributed by atoms with Gasteiger partial charge in [-0.1, -0.05) is 42.0 Å². The van der Waals surface area contributed by atoms with Crippen molar-refractivity contribution in [3.05, 3.63) is 89.4 Å². The van der Waals surface area contributed by atoms with E-state index in [4.69, 9.17) is 13.9 Å². The van der Waals surface area contributed by atoms with E-state index in [2.05, 4.69) is 10.6 Å². The van der Waals surface area contributed by atoms with Gasteiger partial charge in [-0.05, 0) is 42.3 Å². The van der Waals surface area contributed by atoms with E-state index < -0.39 is 18.2 Å². The minimum atomic E-state index is -0.927. The van der Waals surface area contributed by atoms with Gasteiger partial charge in [0, 0.05) is 12.8 Å². The van der Waals surface area contributed by atoms with Crippen LogP contribution in [-0.2, 0) is 32.2 Å². The lowest BCUT2D eigenvalue weighted by Crippen LogP contribution is -2.46. The number of hydrogen-bond acceptors (Lipinski definition) is 6. The third-order valence-corrected chi connectivity index (χ3v) is 5.62. The number of methoxy groups -OCH3 is 1. The first kappa shape index (κ1) is 24.0. The Kier molecular flexibility index (Phi) is 7.47. The summed E-state index contributed by atoms with van der Waals surface area (Å²) in [5.41, 5.74) is 3.05. The first-order valence-electron chi connectivity index (χ1n) is 11.2. The Labute approximate surface area is 203 Å². The highest BCUT2D eigenvalue weighted by Crippen LogP contribution is 2.35. The van der Waals surface area contributed by atoms with Gasteiger partial charge in [-0.15, -0.1) is 0 Å². The molecule has 4 rings (SSSR count). The molecule has 1 aliphatic rings. The van der Waals surface area contributed by atoms with Crippen molar-refractivity contribution in [2.45, 2.75) is 32.2 Å². The molecule has 0 aliphatic carbocycles. The van der Waals surface area contributed by atoms with E-state index in [1.54, 1.807) is 36.4 Å². The van der Waals surface area contributed by atoms with Crippen molar-refractivity contribution >= 4 is 23.6 Å². The number of anilines is 1. The van der Waals surface area contributed by atoms with Gasteiger partial charge in [0.25, 0.3) is 0 Å². The largest absolute Gasteiger partial charge is 0.467 e. The van der Waals surface area contributed by atoms with Crippen molar-refractivity contribution in [2.24, 2.45) is 0 Å². The van der Waals surface area contributed by atoms with Gasteiger partial charge in [-0.2, -0.15) is 0 Å². The summed E-state index contributed by atoms with van der Waals surface area (Å²) in [6.45, 7) is 2.27. The molecule has 2 aromatic carbocycles. The molecule has 3 amide bonds. The highest BCUT2D eigenvalue weighted by Gasteiger charge is 2.47. The van der Waals surface area contributed by atoms with Crippen molar-refractivity contribution in [3.8, 4) is 0 Å². The van der Waals surface area contributed by atoms with Crippen molar-refractivity contribution in [2.75, 3.05) is 19.0 Å². The third kappa shape index (κ3) is 5.88. The molecule has 9 heteroatoms. The highest BCUT2D eigenvalue weighted by molar-refractivity contribution is 5.92. The number of carbonyl (C=O) groups is 3. The topological polar surface area (TPSA) is 110 Å². The second-order valence-corrected chi connectivity index (χ2v) is 8.27. The maximum atomic E-state index is 13.4. The summed E-state index contributed by atoms with van der Waals surface area (Å²) in [5.74, 6) is -0.104. The van der Waals surface area contributed by atoms with Crippen molar-refractivity contribution in [3.63, 3.8) is 0 Å². The van der Waals surface area contributed by atoms with E-state index in [0.717, 1.165) is 11.1 Å². The zero-order valence-electron chi connectivity index (χ0n) is 19.5. The summed E-state index contributed by atoms with van der Waals surface area (Å²) < 4.78 is 15.9. The van der Waals surface area contributed by atoms with E-state index >= 15 is 0 Å². The van der Waals surface area contributed by atoms with E-state index in [9.17, 15) is 14.4 Å². The van der Waals surface area contributed by atoms with Crippen LogP contribution >= 0.6 is 0 Å². The van der Waals surface area contributed by atoms with E-state index in [-0.39, 0.29) is 31.5 Å². The van der Waals surface area contributed by atoms with E-state index in [1.165, 1.54) is 18.3 Å². The van der Waals surface area contributed by atoms with Gasteiger partial charge in [0.15, 0.2) is 12.1 Å². The summed E-state index contributed by atoms with van der Waals surface area (Å²) in [7, 11) is 1.43. The van der Waals surface area contributed by atoms with Crippen LogP contribution in [0.15, 0.2) is 71.3 Å². The van der Waals surface area contributed by atoms with Gasteiger partial charge in [0.1, 0.15) is 12.4 Å². The predicted octanol–water partition coefficient (Wildman–Crippen LogP) is 3.55. The van der Waals surface area contributed by atoms with E-state index in [0.29, 0.717) is 17.0 Å². The van der Waals surface area contributed by atoms with Gasteiger partial charge in [-0.25, -0.2) is 4.79 Å². The van der Waals surface area contributed by atoms with E-state index in [1.807, 2.05) is 31.2 Å². The van der Waals surface area contributed by atoms with Crippen molar-refractivity contribution < 1.29 is 28.3 Å². The number of ether oxygens (including phenoxy) is 2. The smallest absolute Gasteiger partial charge is 0.411 e. The third-order valence-electron chi connectivity index (χ3n) is 5.62. The van der Waals surface area contributed by atoms with Crippen LogP contribution in [0.1, 0.15) is 28.6 Å². The Bertz CT molecular complexity index is 1180. The fraction of sp³-hybridized carbons (Fsp3) is 0.269. The SMILES string of the molecule is COCC(=O)Nc1cccc([C@H]2OC(=O)N(Cc3ccc(C)cc3)[C@H]2C(=O)NCc2ccco2)c1. The molecule has 182 valence electrons. The summed E-state index contributed by atoms with van der Waals surface area (Å²) in [5, 5.41) is 5.57. The number of amides is 3. The lowest BCUT2D eigenvalue weighted by molar-refractivity contribution is -0.126. The molecule has 0 unspecified atom stereocenters. The zero-order valence-corrected chi connectivity index (χ0v) is 19.5. The van der Waals surface area contributed by atoms with Crippen LogP contribution < -0.4 is 10.6 Å². The molecule has 1 aromatic heterocycles. The molecule has 2 heterocycles. The van der Waals surface area contributed by atoms with Gasteiger partial charge in [0.2, 0.25) is 11.8 Å². The highest BCUT2D eigenvalue weighted by atomic mass is 16.6. The van der Waals surface area contributed by atoms with Crippen LogP contribution in [-0.4, -0.2) is 42.6 Å². The molecule has 35 heavy (non-hydrogen) atoms. The standard InChI is InChI=1S/C26H27N3O6/c1-17-8-10-18(11-9-17)15-29-23(25(31)27-14-21-7-4-12-34-21)24(35-26(29)32)19-5-3-6-20(13-19)28-22(30)16-33-2/h3-13,23-24H,14-16H2,1-2H3,(H,27,31)(H,28,30)/t23-,24-/m1/s1. The molecule has 3 aromatic rings. The molecule has 1 fully saturated rings. The average molecular weight is 478 g/mol. The van der Waals surface area contributed by atoms with Gasteiger partial charge in [0.05, 0.1) is 19.4 Å². The Morgan fingerprint density at radius 1 is 1.09 bits per heavy atom. The Hall–Kier alpha value is -4.11. The van der Waals surface area contributed by atoms with Crippen LogP contribution in [0.4, 0.5) is 10.5 Å². The van der Waals surface area contributed by atoms with Crippen molar-refractivity contribution in [1.29, 1.82) is 0 Å². The predicted molar refractivity (Wildman–Crippen MR) is 127 cm³/mol. The molecule has 2 N–H and O–H groups in total. The normalized spacial score (nSPS) is 17.2. The number of rotatable bonds is 9.